The Hall–Kier alpha value is 4.39. The van der Waals surface area contributed by atoms with Gasteiger partial charge < -0.3 is 44.0 Å². The summed E-state index contributed by atoms with van der Waals surface area (Å²) in [6.07, 6.45) is 2.26. The van der Waals surface area contributed by atoms with E-state index < -0.39 is 61.4 Å². The normalized spacial score (nSPS) is 21.0. The molecule has 0 aliphatic heterocycles. The molecule has 0 saturated heterocycles. The van der Waals surface area contributed by atoms with Crippen LogP contribution in [0.5, 0.6) is 0 Å². The van der Waals surface area contributed by atoms with Crippen molar-refractivity contribution in [1.29, 1.82) is 0 Å². The topological polar surface area (TPSA) is 98.0 Å². The van der Waals surface area contributed by atoms with Crippen LogP contribution in [-0.2, 0) is 131 Å². The summed E-state index contributed by atoms with van der Waals surface area (Å²) >= 11 is 0. The first-order chi connectivity index (χ1) is 31.4. The van der Waals surface area contributed by atoms with Gasteiger partial charge in [0.15, 0.2) is 0 Å². The fraction of sp³-hybridized carbons (Fsp3) is 0.583. The van der Waals surface area contributed by atoms with Crippen molar-refractivity contribution in [3.8, 4) is 0 Å². The Bertz CT molecular complexity index is 1300. The van der Waals surface area contributed by atoms with Gasteiger partial charge in [-0.05, 0) is 133 Å². The van der Waals surface area contributed by atoms with E-state index >= 15 is 0 Å². The van der Waals surface area contributed by atoms with Gasteiger partial charge in [-0.15, -0.1) is 0 Å². The Morgan fingerprint density at radius 2 is 0.400 bits per heavy atom. The number of allylic oxidation sites excluding steroid dienone is 2. The van der Waals surface area contributed by atoms with Gasteiger partial charge in [0.1, 0.15) is 6.79 Å². The van der Waals surface area contributed by atoms with Gasteiger partial charge in [0.2, 0.25) is 0 Å². The number of aliphatic hydroxyl groups excluding tert-OH is 1. The zero-order valence-electron chi connectivity index (χ0n) is 54.9. The number of rotatable bonds is 7. The molecule has 0 aromatic heterocycles. The van der Waals surface area contributed by atoms with Crippen LogP contribution in [-0.4, -0.2) is 81.8 Å². The molecule has 4 fully saturated rings. The first kappa shape index (κ1) is 93.1. The molecular formula is C60H110O5Si6Y4-2. The molecule has 4 rings (SSSR count). The third-order valence-electron chi connectivity index (χ3n) is 13.9. The summed E-state index contributed by atoms with van der Waals surface area (Å²) in [6.45, 7) is 78.4. The zero-order chi connectivity index (χ0) is 57.7. The predicted molar refractivity (Wildman–Crippen MR) is 331 cm³/mol. The van der Waals surface area contributed by atoms with E-state index in [1.807, 2.05) is 12.2 Å². The minimum Gasteiger partial charge on any atom is -0.450 e. The van der Waals surface area contributed by atoms with E-state index in [4.69, 9.17) is 25.2 Å². The van der Waals surface area contributed by atoms with Crippen LogP contribution in [0.3, 0.4) is 0 Å². The van der Waals surface area contributed by atoms with Crippen molar-refractivity contribution in [3.63, 3.8) is 0 Å². The quantitative estimate of drug-likeness (QED) is 0.0881. The predicted octanol–water partition coefficient (Wildman–Crippen LogP) is 17.9. The Balaban J connectivity index is -0.000000147. The van der Waals surface area contributed by atoms with Crippen LogP contribution in [0.25, 0.3) is 0 Å². The van der Waals surface area contributed by atoms with Crippen LogP contribution >= 0.6 is 0 Å². The van der Waals surface area contributed by atoms with Gasteiger partial charge in [-0.3, -0.25) is 0 Å². The van der Waals surface area contributed by atoms with E-state index in [0.29, 0.717) is 0 Å². The smallest absolute Gasteiger partial charge is 0.450 e. The van der Waals surface area contributed by atoms with Crippen molar-refractivity contribution < 1.29 is 156 Å². The summed E-state index contributed by atoms with van der Waals surface area (Å²) in [6, 6.07) is 0. The number of carbonyl (C=O) groups is 1. The molecule has 15 heteroatoms. The van der Waals surface area contributed by atoms with Crippen LogP contribution < -0.4 is 0 Å². The molecule has 0 atom stereocenters. The largest absolute Gasteiger partial charge is 0.503 e. The molecule has 418 valence electrons. The van der Waals surface area contributed by atoms with Crippen LogP contribution in [0.15, 0.2) is 12.2 Å². The Labute approximate surface area is 578 Å². The third kappa shape index (κ3) is 33.2. The molecular weight excluding hydrogens is 1320 g/mol. The van der Waals surface area contributed by atoms with Gasteiger partial charge in [0, 0.05) is 131 Å². The second-order valence-electron chi connectivity index (χ2n) is 26.0. The van der Waals surface area contributed by atoms with Crippen molar-refractivity contribution in [2.24, 2.45) is 0 Å². The molecule has 0 unspecified atom stereocenters. The molecule has 0 aromatic carbocycles. The van der Waals surface area contributed by atoms with E-state index in [2.05, 4.69) is 240 Å². The van der Waals surface area contributed by atoms with Crippen molar-refractivity contribution >= 4 is 54.6 Å². The molecule has 24 radical (unpaired) electrons. The molecule has 0 amide bonds. The maximum Gasteiger partial charge on any atom is 0.503 e. The van der Waals surface area contributed by atoms with Gasteiger partial charge >= 0.3 is 6.16 Å². The average molecular weight is 1440 g/mol. The third-order valence-corrected chi connectivity index (χ3v) is 24.9. The Morgan fingerprint density at radius 3 is 0.453 bits per heavy atom. The molecule has 4 aliphatic carbocycles. The monoisotopic (exact) mass is 1430 g/mol. The number of aliphatic hydroxyl groups is 2. The molecule has 0 spiro atoms. The second-order valence-corrected chi connectivity index (χ2v) is 55.6. The minimum atomic E-state index is -1.83. The van der Waals surface area contributed by atoms with Crippen molar-refractivity contribution in [2.75, 3.05) is 6.79 Å². The SMILES string of the molecule is C[C]1[C](C)[C](C)[C]([Si](C)(C)C)[C]1C.C[C]1[C](C)[C](C)[C]([Si](C)(C)C)[C]1C.C[C]1[C](C)[C](C)[C]([Si](C)(C)C)[C]1C.C[C]1[C](C)[C](C)[C]([Si](C)(C)C)[C]1C.C[Si](C)(C)[C-]=CC=[C-][Si](C)(C)C.O=C(O)O.OCO.[Y].[Y].[Y].[Y]. The van der Waals surface area contributed by atoms with Crippen molar-refractivity contribution in [2.45, 2.75) is 229 Å². The minimum absolute atomic E-state index is 0. The fourth-order valence-electron chi connectivity index (χ4n) is 9.96. The fourth-order valence-corrected chi connectivity index (χ4v) is 21.6. The van der Waals surface area contributed by atoms with Crippen molar-refractivity contribution in [3.05, 3.63) is 140 Å². The van der Waals surface area contributed by atoms with Gasteiger partial charge in [0.05, 0.1) is 32.3 Å². The van der Waals surface area contributed by atoms with Crippen LogP contribution in [0, 0.1) is 128 Å². The van der Waals surface area contributed by atoms with E-state index in [0.717, 1.165) is 0 Å². The molecule has 4 N–H and O–H groups in total. The second kappa shape index (κ2) is 40.0. The van der Waals surface area contributed by atoms with E-state index in [1.165, 1.54) is 47.3 Å². The molecule has 75 heavy (non-hydrogen) atoms. The summed E-state index contributed by atoms with van der Waals surface area (Å²) in [4.78, 5) is 8.56. The summed E-state index contributed by atoms with van der Waals surface area (Å²) in [5.74, 6) is 24.5. The van der Waals surface area contributed by atoms with E-state index in [9.17, 15) is 0 Å². The van der Waals surface area contributed by atoms with Gasteiger partial charge in [0.25, 0.3) is 0 Å². The Kier molecular flexibility index (Phi) is 49.6. The summed E-state index contributed by atoms with van der Waals surface area (Å²) in [5, 5.41) is 28.2. The number of carboxylic acid groups (broad SMARTS) is 2. The van der Waals surface area contributed by atoms with Crippen LogP contribution in [0.2, 0.25) is 118 Å². The summed E-state index contributed by atoms with van der Waals surface area (Å²) in [5.41, 5.74) is 13.6. The van der Waals surface area contributed by atoms with E-state index in [1.54, 1.807) is 69.5 Å². The van der Waals surface area contributed by atoms with E-state index in [-0.39, 0.29) is 131 Å². The first-order valence-corrected chi connectivity index (χ1v) is 46.7. The summed E-state index contributed by atoms with van der Waals surface area (Å²) < 4.78 is 0. The standard InChI is InChI=1S/4C12H21Si.C10H20Si2.CH2O3.CH4O2.4Y/c4*1-8-9(2)11(4)12(10(8)3)13(5,6)7;1-11(2,3)9-7-8-10-12(4,5)6;2-1(3)4;2-1-3;;;;/h4*1-7H3;7-8H,1-6H3;(H2,2,3,4);2-3H,1H2;;;;/q;;;;-2;;;;;;. The van der Waals surface area contributed by atoms with Crippen LogP contribution in [0.4, 0.5) is 4.79 Å². The molecule has 4 aliphatic rings. The zero-order valence-corrected chi connectivity index (χ0v) is 72.2. The average Bonchev–Trinajstić information content (AvgIpc) is 3.68. The number of hydrogen-bond acceptors (Lipinski definition) is 3. The molecule has 5 nitrogen and oxygen atoms in total. The first-order valence-electron chi connectivity index (χ1n) is 25.7. The molecule has 0 heterocycles. The van der Waals surface area contributed by atoms with Crippen molar-refractivity contribution in [1.82, 2.24) is 0 Å². The van der Waals surface area contributed by atoms with Gasteiger partial charge in [-0.25, -0.2) is 4.79 Å². The molecule has 0 bridgehead atoms. The van der Waals surface area contributed by atoms with Gasteiger partial charge in [-0.1, -0.05) is 229 Å². The summed E-state index contributed by atoms with van der Waals surface area (Å²) in [7, 11) is -6.76. The molecule has 4 saturated carbocycles. The number of hydrogen-bond donors (Lipinski definition) is 4. The maximum absolute atomic E-state index is 8.56. The van der Waals surface area contributed by atoms with Gasteiger partial charge in [-0.2, -0.15) is 0 Å². The molecule has 0 aromatic rings. The van der Waals surface area contributed by atoms with Crippen LogP contribution in [0.1, 0.15) is 111 Å². The maximum atomic E-state index is 8.56. The Morgan fingerprint density at radius 1 is 0.307 bits per heavy atom.